The van der Waals surface area contributed by atoms with Gasteiger partial charge in [0.2, 0.25) is 0 Å². The van der Waals surface area contributed by atoms with Gasteiger partial charge in [0.25, 0.3) is 0 Å². The van der Waals surface area contributed by atoms with E-state index in [9.17, 15) is 0 Å². The molecule has 6 heteroatoms. The fraction of sp³-hybridized carbons (Fsp3) is 0.846. The summed E-state index contributed by atoms with van der Waals surface area (Å²) in [5, 5.41) is 3.88. The Morgan fingerprint density at radius 1 is 1.26 bits per heavy atom. The van der Waals surface area contributed by atoms with Gasteiger partial charge in [0.1, 0.15) is 6.61 Å². The van der Waals surface area contributed by atoms with Gasteiger partial charge in [0.05, 0.1) is 6.61 Å². The average Bonchev–Trinajstić information content (AvgIpc) is 2.85. The fourth-order valence-corrected chi connectivity index (χ4v) is 1.72. The van der Waals surface area contributed by atoms with Gasteiger partial charge >= 0.3 is 6.08 Å². The van der Waals surface area contributed by atoms with E-state index in [1.165, 1.54) is 0 Å². The molecule has 1 unspecified atom stereocenters. The molecule has 19 heavy (non-hydrogen) atoms. The molecule has 1 aromatic rings. The predicted molar refractivity (Wildman–Crippen MR) is 68.0 cm³/mol. The summed E-state index contributed by atoms with van der Waals surface area (Å²) >= 11 is 0. The number of nitrogens with zero attached hydrogens (tertiary/aromatic N) is 2. The molecule has 0 saturated carbocycles. The third-order valence-corrected chi connectivity index (χ3v) is 2.83. The van der Waals surface area contributed by atoms with Crippen LogP contribution in [0.1, 0.15) is 45.9 Å². The van der Waals surface area contributed by atoms with Crippen LogP contribution in [0.5, 0.6) is 6.08 Å². The molecule has 0 bridgehead atoms. The van der Waals surface area contributed by atoms with E-state index in [0.29, 0.717) is 19.0 Å². The van der Waals surface area contributed by atoms with Gasteiger partial charge in [0.15, 0.2) is 12.1 Å². The van der Waals surface area contributed by atoms with Gasteiger partial charge in [-0.3, -0.25) is 4.52 Å². The van der Waals surface area contributed by atoms with E-state index in [1.54, 1.807) is 0 Å². The summed E-state index contributed by atoms with van der Waals surface area (Å²) in [6.45, 7) is 7.68. The molecule has 0 spiro atoms. The highest BCUT2D eigenvalue weighted by Gasteiger charge is 2.21. The van der Waals surface area contributed by atoms with Crippen molar-refractivity contribution < 1.29 is 18.7 Å². The SMILES string of the molecule is CC(C)(C)c1noc(OCCOC2CCCCO2)n1. The largest absolute Gasteiger partial charge is 0.446 e. The molecule has 0 aromatic carbocycles. The molecule has 1 aliphatic rings. The van der Waals surface area contributed by atoms with Crippen molar-refractivity contribution in [2.24, 2.45) is 0 Å². The van der Waals surface area contributed by atoms with Crippen molar-refractivity contribution in [3.63, 3.8) is 0 Å². The van der Waals surface area contributed by atoms with Crippen molar-refractivity contribution in [1.82, 2.24) is 10.1 Å². The first-order valence-electron chi connectivity index (χ1n) is 6.76. The van der Waals surface area contributed by atoms with Crippen LogP contribution in [0.2, 0.25) is 0 Å². The Hall–Kier alpha value is -1.14. The van der Waals surface area contributed by atoms with E-state index in [2.05, 4.69) is 10.1 Å². The molecular formula is C13H22N2O4. The van der Waals surface area contributed by atoms with Gasteiger partial charge in [0, 0.05) is 12.0 Å². The molecule has 1 aromatic heterocycles. The van der Waals surface area contributed by atoms with E-state index in [0.717, 1.165) is 25.9 Å². The highest BCUT2D eigenvalue weighted by atomic mass is 16.7. The van der Waals surface area contributed by atoms with Crippen molar-refractivity contribution in [2.75, 3.05) is 19.8 Å². The van der Waals surface area contributed by atoms with Gasteiger partial charge in [-0.1, -0.05) is 25.9 Å². The van der Waals surface area contributed by atoms with E-state index < -0.39 is 0 Å². The highest BCUT2D eigenvalue weighted by Crippen LogP contribution is 2.20. The van der Waals surface area contributed by atoms with Crippen molar-refractivity contribution >= 4 is 0 Å². The number of hydrogen-bond acceptors (Lipinski definition) is 6. The fourth-order valence-electron chi connectivity index (χ4n) is 1.72. The van der Waals surface area contributed by atoms with Gasteiger partial charge in [-0.2, -0.15) is 4.98 Å². The Labute approximate surface area is 113 Å². The molecule has 0 radical (unpaired) electrons. The zero-order valence-electron chi connectivity index (χ0n) is 11.8. The Morgan fingerprint density at radius 3 is 2.74 bits per heavy atom. The van der Waals surface area contributed by atoms with Crippen molar-refractivity contribution in [3.05, 3.63) is 5.82 Å². The highest BCUT2D eigenvalue weighted by molar-refractivity contribution is 5.01. The summed E-state index contributed by atoms with van der Waals surface area (Å²) in [6, 6.07) is 0. The molecule has 1 fully saturated rings. The maximum Gasteiger partial charge on any atom is 0.417 e. The number of ether oxygens (including phenoxy) is 3. The normalized spacial score (nSPS) is 20.5. The molecular weight excluding hydrogens is 248 g/mol. The third kappa shape index (κ3) is 4.47. The summed E-state index contributed by atoms with van der Waals surface area (Å²) in [7, 11) is 0. The molecule has 0 aliphatic carbocycles. The van der Waals surface area contributed by atoms with Crippen LogP contribution < -0.4 is 4.74 Å². The van der Waals surface area contributed by atoms with Crippen LogP contribution in [-0.2, 0) is 14.9 Å². The smallest absolute Gasteiger partial charge is 0.417 e. The van der Waals surface area contributed by atoms with Crippen LogP contribution in [-0.4, -0.2) is 36.3 Å². The first-order valence-corrected chi connectivity index (χ1v) is 6.76. The van der Waals surface area contributed by atoms with E-state index in [4.69, 9.17) is 18.7 Å². The molecule has 6 nitrogen and oxygen atoms in total. The molecule has 1 atom stereocenters. The maximum absolute atomic E-state index is 5.54. The minimum absolute atomic E-state index is 0.0924. The van der Waals surface area contributed by atoms with Gasteiger partial charge < -0.3 is 14.2 Å². The molecule has 1 aliphatic heterocycles. The minimum atomic E-state index is -0.141. The van der Waals surface area contributed by atoms with Gasteiger partial charge in [-0.05, 0) is 19.3 Å². The van der Waals surface area contributed by atoms with Gasteiger partial charge in [-0.25, -0.2) is 0 Å². The third-order valence-electron chi connectivity index (χ3n) is 2.83. The first kappa shape index (κ1) is 14.3. The van der Waals surface area contributed by atoms with Crippen LogP contribution in [0.25, 0.3) is 0 Å². The van der Waals surface area contributed by atoms with Crippen LogP contribution >= 0.6 is 0 Å². The monoisotopic (exact) mass is 270 g/mol. The second-order valence-corrected chi connectivity index (χ2v) is 5.65. The Balaban J connectivity index is 1.66. The second kappa shape index (κ2) is 6.34. The minimum Gasteiger partial charge on any atom is -0.446 e. The van der Waals surface area contributed by atoms with E-state index in [1.807, 2.05) is 20.8 Å². The topological polar surface area (TPSA) is 66.6 Å². The zero-order chi connectivity index (χ0) is 13.7. The lowest BCUT2D eigenvalue weighted by atomic mass is 9.96. The van der Waals surface area contributed by atoms with E-state index in [-0.39, 0.29) is 17.8 Å². The van der Waals surface area contributed by atoms with E-state index >= 15 is 0 Å². The summed E-state index contributed by atoms with van der Waals surface area (Å²) in [5.41, 5.74) is -0.141. The van der Waals surface area contributed by atoms with Gasteiger partial charge in [-0.15, -0.1) is 0 Å². The second-order valence-electron chi connectivity index (χ2n) is 5.65. The van der Waals surface area contributed by atoms with Crippen LogP contribution in [0.4, 0.5) is 0 Å². The Kier molecular flexibility index (Phi) is 4.76. The Morgan fingerprint density at radius 2 is 2.11 bits per heavy atom. The molecule has 108 valence electrons. The lowest BCUT2D eigenvalue weighted by molar-refractivity contribution is -0.166. The summed E-state index contributed by atoms with van der Waals surface area (Å²) < 4.78 is 21.4. The number of hydrogen-bond donors (Lipinski definition) is 0. The molecule has 1 saturated heterocycles. The van der Waals surface area contributed by atoms with Crippen LogP contribution in [0.15, 0.2) is 4.52 Å². The zero-order valence-corrected chi connectivity index (χ0v) is 11.8. The summed E-state index contributed by atoms with van der Waals surface area (Å²) in [4.78, 5) is 4.18. The van der Waals surface area contributed by atoms with Crippen molar-refractivity contribution in [1.29, 1.82) is 0 Å². The molecule has 2 heterocycles. The lowest BCUT2D eigenvalue weighted by Gasteiger charge is -2.22. The standard InChI is InChI=1S/C13H22N2O4/c1-13(2,3)11-14-12(19-15-11)18-9-8-17-10-6-4-5-7-16-10/h10H,4-9H2,1-3H3. The van der Waals surface area contributed by atoms with Crippen LogP contribution in [0, 0.1) is 0 Å². The molecule has 0 amide bonds. The quantitative estimate of drug-likeness (QED) is 0.765. The van der Waals surface area contributed by atoms with Crippen LogP contribution in [0.3, 0.4) is 0 Å². The molecule has 0 N–H and O–H groups in total. The maximum atomic E-state index is 5.54. The Bertz CT molecular complexity index is 380. The average molecular weight is 270 g/mol. The molecule has 2 rings (SSSR count). The number of aromatic nitrogens is 2. The first-order chi connectivity index (χ1) is 9.05. The lowest BCUT2D eigenvalue weighted by Crippen LogP contribution is -2.24. The summed E-state index contributed by atoms with van der Waals surface area (Å²) in [6.07, 6.45) is 3.33. The summed E-state index contributed by atoms with van der Waals surface area (Å²) in [5.74, 6) is 0.638. The number of rotatable bonds is 5. The van der Waals surface area contributed by atoms with Crippen molar-refractivity contribution in [3.8, 4) is 6.08 Å². The predicted octanol–water partition coefficient (Wildman–Crippen LogP) is 2.29. The van der Waals surface area contributed by atoms with Crippen molar-refractivity contribution in [2.45, 2.75) is 51.7 Å².